The molecule has 0 radical (unpaired) electrons. The van der Waals surface area contributed by atoms with Gasteiger partial charge in [-0.3, -0.25) is 0 Å². The van der Waals surface area contributed by atoms with Crippen LogP contribution in [0.5, 0.6) is 0 Å². The molecule has 0 heterocycles. The molecule has 1 aliphatic rings. The Labute approximate surface area is 67.0 Å². The Kier molecular flexibility index (Phi) is 3.17. The van der Waals surface area contributed by atoms with Gasteiger partial charge in [-0.05, 0) is 43.7 Å². The van der Waals surface area contributed by atoms with Gasteiger partial charge in [-0.15, -0.1) is 9.24 Å². The Morgan fingerprint density at radius 1 is 1.30 bits per heavy atom. The van der Waals surface area contributed by atoms with Crippen LogP contribution in [0.4, 0.5) is 0 Å². The molecule has 0 aromatic heterocycles. The van der Waals surface area contributed by atoms with E-state index in [0.717, 1.165) is 5.41 Å². The van der Waals surface area contributed by atoms with Crippen molar-refractivity contribution in [2.75, 3.05) is 6.16 Å². The highest BCUT2D eigenvalue weighted by atomic mass is 31.0. The lowest BCUT2D eigenvalue weighted by molar-refractivity contribution is 0.420. The third-order valence-corrected chi connectivity index (χ3v) is 3.06. The van der Waals surface area contributed by atoms with Gasteiger partial charge in [0.05, 0.1) is 0 Å². The molecule has 60 valence electrons. The average Bonchev–Trinajstić information content (AvgIpc) is 2.67. The third kappa shape index (κ3) is 2.23. The van der Waals surface area contributed by atoms with Crippen LogP contribution in [-0.4, -0.2) is 6.16 Å². The molecule has 1 saturated carbocycles. The first-order chi connectivity index (χ1) is 4.83. The molecule has 0 aromatic rings. The molecule has 0 aromatic carbocycles. The topological polar surface area (TPSA) is 0 Å². The van der Waals surface area contributed by atoms with Crippen LogP contribution in [0.2, 0.25) is 0 Å². The molecule has 1 aliphatic carbocycles. The van der Waals surface area contributed by atoms with Crippen LogP contribution in [0, 0.1) is 5.41 Å². The van der Waals surface area contributed by atoms with Crippen LogP contribution in [0.3, 0.4) is 0 Å². The van der Waals surface area contributed by atoms with Crippen molar-refractivity contribution in [2.24, 2.45) is 5.41 Å². The summed E-state index contributed by atoms with van der Waals surface area (Å²) >= 11 is 0. The predicted octanol–water partition coefficient (Wildman–Crippen LogP) is 3.22. The summed E-state index contributed by atoms with van der Waals surface area (Å²) in [7, 11) is 2.82. The van der Waals surface area contributed by atoms with Gasteiger partial charge >= 0.3 is 0 Å². The molecule has 0 N–H and O–H groups in total. The van der Waals surface area contributed by atoms with Crippen LogP contribution in [0.1, 0.15) is 45.4 Å². The summed E-state index contributed by atoms with van der Waals surface area (Å²) < 4.78 is 0. The van der Waals surface area contributed by atoms with E-state index in [-0.39, 0.29) is 0 Å². The van der Waals surface area contributed by atoms with Crippen LogP contribution in [0.15, 0.2) is 0 Å². The normalized spacial score (nSPS) is 21.0. The van der Waals surface area contributed by atoms with Crippen molar-refractivity contribution in [3.05, 3.63) is 0 Å². The lowest BCUT2D eigenvalue weighted by atomic mass is 9.95. The number of rotatable bonds is 5. The highest BCUT2D eigenvalue weighted by Crippen LogP contribution is 2.53. The van der Waals surface area contributed by atoms with E-state index in [1.54, 1.807) is 0 Å². The average molecular weight is 158 g/mol. The highest BCUT2D eigenvalue weighted by molar-refractivity contribution is 7.16. The molecule has 0 bridgehead atoms. The van der Waals surface area contributed by atoms with E-state index < -0.39 is 0 Å². The Bertz CT molecular complexity index is 94.9. The van der Waals surface area contributed by atoms with Crippen molar-refractivity contribution in [1.29, 1.82) is 0 Å². The molecule has 1 rings (SSSR count). The second kappa shape index (κ2) is 3.72. The van der Waals surface area contributed by atoms with Gasteiger partial charge in [-0.2, -0.15) is 0 Å². The van der Waals surface area contributed by atoms with Crippen molar-refractivity contribution in [3.63, 3.8) is 0 Å². The molecule has 1 heteroatoms. The summed E-state index contributed by atoms with van der Waals surface area (Å²) in [4.78, 5) is 0. The van der Waals surface area contributed by atoms with Gasteiger partial charge in [0.2, 0.25) is 0 Å². The summed E-state index contributed by atoms with van der Waals surface area (Å²) in [5.41, 5.74) is 0.839. The molecular formula is C9H19P. The smallest absolute Gasteiger partial charge is 0.0297 e. The standard InChI is InChI=1S/C9H19P/c1-2-4-9(6-7-9)5-3-8-10/h2-8,10H2,1H3. The zero-order chi connectivity index (χ0) is 7.45. The van der Waals surface area contributed by atoms with Gasteiger partial charge in [0, 0.05) is 0 Å². The largest absolute Gasteiger partial charge is 0.138 e. The Morgan fingerprint density at radius 2 is 2.00 bits per heavy atom. The molecule has 1 atom stereocenters. The van der Waals surface area contributed by atoms with Crippen LogP contribution >= 0.6 is 9.24 Å². The van der Waals surface area contributed by atoms with E-state index in [0.29, 0.717) is 0 Å². The van der Waals surface area contributed by atoms with Crippen molar-refractivity contribution in [3.8, 4) is 0 Å². The molecule has 0 spiro atoms. The summed E-state index contributed by atoms with van der Waals surface area (Å²) in [6.07, 6.45) is 10.1. The first-order valence-corrected chi connectivity index (χ1v) is 5.35. The fraction of sp³-hybridized carbons (Fsp3) is 1.00. The van der Waals surface area contributed by atoms with Crippen molar-refractivity contribution < 1.29 is 0 Å². The summed E-state index contributed by atoms with van der Waals surface area (Å²) in [6, 6.07) is 0. The van der Waals surface area contributed by atoms with Gasteiger partial charge in [-0.25, -0.2) is 0 Å². The fourth-order valence-corrected chi connectivity index (χ4v) is 2.01. The summed E-state index contributed by atoms with van der Waals surface area (Å²) in [5, 5.41) is 0. The van der Waals surface area contributed by atoms with Gasteiger partial charge in [0.15, 0.2) is 0 Å². The zero-order valence-electron chi connectivity index (χ0n) is 7.03. The molecule has 1 fully saturated rings. The van der Waals surface area contributed by atoms with Crippen molar-refractivity contribution in [1.82, 2.24) is 0 Å². The maximum atomic E-state index is 2.82. The first-order valence-electron chi connectivity index (χ1n) is 4.53. The Balaban J connectivity index is 2.11. The summed E-state index contributed by atoms with van der Waals surface area (Å²) in [5.74, 6) is 0. The lowest BCUT2D eigenvalue weighted by Crippen LogP contribution is -1.99. The minimum Gasteiger partial charge on any atom is -0.138 e. The van der Waals surface area contributed by atoms with Crippen LogP contribution in [0.25, 0.3) is 0 Å². The van der Waals surface area contributed by atoms with Crippen molar-refractivity contribution >= 4 is 9.24 Å². The minimum atomic E-state index is 0.839. The minimum absolute atomic E-state index is 0.839. The SMILES string of the molecule is CCCC1(CCCP)CC1. The molecule has 0 saturated heterocycles. The third-order valence-electron chi connectivity index (χ3n) is 2.65. The van der Waals surface area contributed by atoms with Gasteiger partial charge < -0.3 is 0 Å². The van der Waals surface area contributed by atoms with E-state index >= 15 is 0 Å². The van der Waals surface area contributed by atoms with Gasteiger partial charge in [0.25, 0.3) is 0 Å². The Hall–Kier alpha value is 0.430. The van der Waals surface area contributed by atoms with Crippen LogP contribution < -0.4 is 0 Å². The van der Waals surface area contributed by atoms with E-state index in [4.69, 9.17) is 0 Å². The quantitative estimate of drug-likeness (QED) is 0.539. The second-order valence-corrected chi connectivity index (χ2v) is 4.22. The Morgan fingerprint density at radius 3 is 2.40 bits per heavy atom. The van der Waals surface area contributed by atoms with Crippen LogP contribution in [-0.2, 0) is 0 Å². The molecular weight excluding hydrogens is 139 g/mol. The second-order valence-electron chi connectivity index (χ2n) is 3.64. The van der Waals surface area contributed by atoms with E-state index in [1.165, 1.54) is 44.7 Å². The van der Waals surface area contributed by atoms with E-state index in [1.807, 2.05) is 0 Å². The van der Waals surface area contributed by atoms with Crippen molar-refractivity contribution in [2.45, 2.75) is 45.4 Å². The first kappa shape index (κ1) is 8.53. The van der Waals surface area contributed by atoms with E-state index in [2.05, 4.69) is 16.2 Å². The van der Waals surface area contributed by atoms with Gasteiger partial charge in [-0.1, -0.05) is 13.3 Å². The lowest BCUT2D eigenvalue weighted by Gasteiger charge is -2.11. The van der Waals surface area contributed by atoms with Gasteiger partial charge in [0.1, 0.15) is 0 Å². The predicted molar refractivity (Wildman–Crippen MR) is 50.4 cm³/mol. The molecule has 1 unspecified atom stereocenters. The zero-order valence-corrected chi connectivity index (χ0v) is 8.18. The molecule has 10 heavy (non-hydrogen) atoms. The molecule has 0 nitrogen and oxygen atoms in total. The highest BCUT2D eigenvalue weighted by Gasteiger charge is 2.40. The van der Waals surface area contributed by atoms with E-state index in [9.17, 15) is 0 Å². The number of hydrogen-bond donors (Lipinski definition) is 0. The monoisotopic (exact) mass is 158 g/mol. The molecule has 0 amide bonds. The maximum absolute atomic E-state index is 2.82. The molecule has 0 aliphatic heterocycles. The fourth-order valence-electron chi connectivity index (χ4n) is 1.81. The number of hydrogen-bond acceptors (Lipinski definition) is 0. The summed E-state index contributed by atoms with van der Waals surface area (Å²) in [6.45, 7) is 2.31. The maximum Gasteiger partial charge on any atom is -0.0297 e.